The molecule has 0 fully saturated rings. The number of hydrazine groups is 1. The number of rotatable bonds is 3. The van der Waals surface area contributed by atoms with Gasteiger partial charge < -0.3 is 0 Å². The van der Waals surface area contributed by atoms with Crippen LogP contribution in [-0.2, 0) is 0 Å². The van der Waals surface area contributed by atoms with Crippen LogP contribution in [0.5, 0.6) is 0 Å². The second kappa shape index (κ2) is 6.06. The van der Waals surface area contributed by atoms with Crippen molar-refractivity contribution in [2.24, 2.45) is 5.84 Å². The van der Waals surface area contributed by atoms with E-state index in [2.05, 4.69) is 53.4 Å². The van der Waals surface area contributed by atoms with Crippen molar-refractivity contribution in [2.75, 3.05) is 0 Å². The molecule has 0 aliphatic carbocycles. The van der Waals surface area contributed by atoms with E-state index in [1.54, 1.807) is 0 Å². The zero-order chi connectivity index (χ0) is 14.0. The van der Waals surface area contributed by atoms with Crippen LogP contribution in [0.2, 0.25) is 5.02 Å². The Kier molecular flexibility index (Phi) is 4.63. The minimum Gasteiger partial charge on any atom is -0.271 e. The molecule has 0 saturated carbocycles. The van der Waals surface area contributed by atoms with Crippen LogP contribution in [-0.4, -0.2) is 0 Å². The first-order chi connectivity index (χ1) is 9.02. The van der Waals surface area contributed by atoms with Gasteiger partial charge in [0.2, 0.25) is 0 Å². The predicted molar refractivity (Wildman–Crippen MR) is 84.2 cm³/mol. The molecular formula is C15H16BrClN2. The summed E-state index contributed by atoms with van der Waals surface area (Å²) in [6.45, 7) is 4.19. The summed E-state index contributed by atoms with van der Waals surface area (Å²) in [6, 6.07) is 12.0. The second-order valence-electron chi connectivity index (χ2n) is 4.61. The molecule has 0 bridgehead atoms. The SMILES string of the molecule is Cc1ccc(C(NN)c2cc(Br)ccc2Cl)cc1C. The fourth-order valence-corrected chi connectivity index (χ4v) is 2.65. The van der Waals surface area contributed by atoms with Crippen LogP contribution in [0.15, 0.2) is 40.9 Å². The molecule has 0 amide bonds. The van der Waals surface area contributed by atoms with E-state index in [9.17, 15) is 0 Å². The lowest BCUT2D eigenvalue weighted by Gasteiger charge is -2.19. The second-order valence-corrected chi connectivity index (χ2v) is 5.93. The van der Waals surface area contributed by atoms with E-state index in [-0.39, 0.29) is 6.04 Å². The summed E-state index contributed by atoms with van der Waals surface area (Å²) in [7, 11) is 0. The Morgan fingerprint density at radius 1 is 1.11 bits per heavy atom. The summed E-state index contributed by atoms with van der Waals surface area (Å²) < 4.78 is 0.982. The fraction of sp³-hybridized carbons (Fsp3) is 0.200. The Balaban J connectivity index is 2.49. The third-order valence-corrected chi connectivity index (χ3v) is 4.14. The first-order valence-corrected chi connectivity index (χ1v) is 7.18. The van der Waals surface area contributed by atoms with Gasteiger partial charge in [0.1, 0.15) is 0 Å². The normalized spacial score (nSPS) is 12.5. The van der Waals surface area contributed by atoms with Gasteiger partial charge in [-0.3, -0.25) is 5.84 Å². The quantitative estimate of drug-likeness (QED) is 0.647. The highest BCUT2D eigenvalue weighted by Gasteiger charge is 2.16. The Morgan fingerprint density at radius 2 is 1.84 bits per heavy atom. The van der Waals surface area contributed by atoms with Crippen LogP contribution in [0.4, 0.5) is 0 Å². The summed E-state index contributed by atoms with van der Waals surface area (Å²) in [6.07, 6.45) is 0. The summed E-state index contributed by atoms with van der Waals surface area (Å²) in [4.78, 5) is 0. The first kappa shape index (κ1) is 14.5. The van der Waals surface area contributed by atoms with Crippen molar-refractivity contribution in [1.29, 1.82) is 0 Å². The number of hydrogen-bond donors (Lipinski definition) is 2. The Hall–Kier alpha value is -0.870. The van der Waals surface area contributed by atoms with E-state index in [1.807, 2.05) is 18.2 Å². The number of hydrogen-bond acceptors (Lipinski definition) is 2. The first-order valence-electron chi connectivity index (χ1n) is 6.01. The van der Waals surface area contributed by atoms with E-state index < -0.39 is 0 Å². The van der Waals surface area contributed by atoms with Gasteiger partial charge in [0.05, 0.1) is 6.04 Å². The van der Waals surface area contributed by atoms with Crippen LogP contribution in [0, 0.1) is 13.8 Å². The molecule has 4 heteroatoms. The monoisotopic (exact) mass is 338 g/mol. The molecule has 3 N–H and O–H groups in total. The molecule has 2 aromatic carbocycles. The molecule has 1 atom stereocenters. The maximum absolute atomic E-state index is 6.27. The van der Waals surface area contributed by atoms with Gasteiger partial charge in [0.25, 0.3) is 0 Å². The summed E-state index contributed by atoms with van der Waals surface area (Å²) >= 11 is 9.74. The highest BCUT2D eigenvalue weighted by Crippen LogP contribution is 2.31. The highest BCUT2D eigenvalue weighted by atomic mass is 79.9. The van der Waals surface area contributed by atoms with Gasteiger partial charge in [-0.1, -0.05) is 45.7 Å². The van der Waals surface area contributed by atoms with Crippen molar-refractivity contribution in [3.8, 4) is 0 Å². The molecule has 0 aliphatic rings. The van der Waals surface area contributed by atoms with Crippen molar-refractivity contribution in [2.45, 2.75) is 19.9 Å². The average molecular weight is 340 g/mol. The van der Waals surface area contributed by atoms with Gasteiger partial charge in [0.15, 0.2) is 0 Å². The minimum absolute atomic E-state index is 0.121. The van der Waals surface area contributed by atoms with Crippen LogP contribution in [0.3, 0.4) is 0 Å². The van der Waals surface area contributed by atoms with Gasteiger partial charge >= 0.3 is 0 Å². The number of benzene rings is 2. The zero-order valence-electron chi connectivity index (χ0n) is 10.9. The van der Waals surface area contributed by atoms with E-state index in [0.717, 1.165) is 15.6 Å². The van der Waals surface area contributed by atoms with Crippen LogP contribution in [0.1, 0.15) is 28.3 Å². The largest absolute Gasteiger partial charge is 0.271 e. The third kappa shape index (κ3) is 3.18. The zero-order valence-corrected chi connectivity index (χ0v) is 13.2. The van der Waals surface area contributed by atoms with Crippen LogP contribution >= 0.6 is 27.5 Å². The lowest BCUT2D eigenvalue weighted by Crippen LogP contribution is -2.29. The molecule has 2 rings (SSSR count). The molecule has 100 valence electrons. The lowest BCUT2D eigenvalue weighted by atomic mass is 9.96. The van der Waals surface area contributed by atoms with Gasteiger partial charge in [0, 0.05) is 9.50 Å². The predicted octanol–water partition coefficient (Wildman–Crippen LogP) is 4.27. The topological polar surface area (TPSA) is 38.0 Å². The van der Waals surface area contributed by atoms with E-state index in [4.69, 9.17) is 17.4 Å². The molecule has 0 spiro atoms. The van der Waals surface area contributed by atoms with E-state index >= 15 is 0 Å². The number of halogens is 2. The van der Waals surface area contributed by atoms with Crippen molar-refractivity contribution < 1.29 is 0 Å². The lowest BCUT2D eigenvalue weighted by molar-refractivity contribution is 0.636. The van der Waals surface area contributed by atoms with Gasteiger partial charge in [-0.05, 0) is 54.3 Å². The Morgan fingerprint density at radius 3 is 2.47 bits per heavy atom. The average Bonchev–Trinajstić information content (AvgIpc) is 2.38. The molecular weight excluding hydrogens is 324 g/mol. The van der Waals surface area contributed by atoms with Crippen molar-refractivity contribution >= 4 is 27.5 Å². The molecule has 2 aromatic rings. The smallest absolute Gasteiger partial charge is 0.0725 e. The Labute approximate surface area is 127 Å². The summed E-state index contributed by atoms with van der Waals surface area (Å²) in [5, 5.41) is 0.698. The number of nitrogens with one attached hydrogen (secondary N) is 1. The van der Waals surface area contributed by atoms with Crippen LogP contribution in [0.25, 0.3) is 0 Å². The third-order valence-electron chi connectivity index (χ3n) is 3.30. The number of aryl methyl sites for hydroxylation is 2. The number of nitrogens with two attached hydrogens (primary N) is 1. The molecule has 0 heterocycles. The molecule has 19 heavy (non-hydrogen) atoms. The summed E-state index contributed by atoms with van der Waals surface area (Å²) in [5.74, 6) is 5.72. The molecule has 0 aromatic heterocycles. The molecule has 0 saturated heterocycles. The van der Waals surface area contributed by atoms with Gasteiger partial charge in [-0.25, -0.2) is 5.43 Å². The van der Waals surface area contributed by atoms with E-state index in [1.165, 1.54) is 11.1 Å². The molecule has 1 unspecified atom stereocenters. The molecule has 2 nitrogen and oxygen atoms in total. The molecule has 0 aliphatic heterocycles. The van der Waals surface area contributed by atoms with Crippen molar-refractivity contribution in [3.63, 3.8) is 0 Å². The van der Waals surface area contributed by atoms with Gasteiger partial charge in [-0.15, -0.1) is 0 Å². The minimum atomic E-state index is -0.121. The standard InChI is InChI=1S/C15H16BrClN2/c1-9-3-4-11(7-10(9)2)15(19-18)13-8-12(16)5-6-14(13)17/h3-8,15,19H,18H2,1-2H3. The van der Waals surface area contributed by atoms with Gasteiger partial charge in [-0.2, -0.15) is 0 Å². The maximum atomic E-state index is 6.27. The fourth-order valence-electron chi connectivity index (χ4n) is 2.05. The van der Waals surface area contributed by atoms with Crippen LogP contribution < -0.4 is 11.3 Å². The van der Waals surface area contributed by atoms with Crippen molar-refractivity contribution in [1.82, 2.24) is 5.43 Å². The van der Waals surface area contributed by atoms with E-state index in [0.29, 0.717) is 5.02 Å². The summed E-state index contributed by atoms with van der Waals surface area (Å²) in [5.41, 5.74) is 7.41. The highest BCUT2D eigenvalue weighted by molar-refractivity contribution is 9.10. The Bertz CT molecular complexity index is 599. The molecule has 0 radical (unpaired) electrons. The van der Waals surface area contributed by atoms with Crippen molar-refractivity contribution in [3.05, 3.63) is 68.1 Å². The maximum Gasteiger partial charge on any atom is 0.0725 e.